The molecule has 0 saturated carbocycles. The standard InChI is InChI=1S/C26H23FN8OS/c1-26(2,3)25(36)31-15-8-14(9-28-10-15)20-19(27)18-17(11-30-20)34-35-23(18)24-32-16-4-6-29-21(22(16)33-24)13-5-7-37-12-13/h4-12,25,31,36H,1-3H3,(H,32,33)(H,34,35). The molecule has 0 saturated heterocycles. The lowest BCUT2D eigenvalue weighted by molar-refractivity contribution is 0.0880. The van der Waals surface area contributed by atoms with Gasteiger partial charge < -0.3 is 15.4 Å². The predicted molar refractivity (Wildman–Crippen MR) is 142 cm³/mol. The summed E-state index contributed by atoms with van der Waals surface area (Å²) in [7, 11) is 0. The Morgan fingerprint density at radius 3 is 2.68 bits per heavy atom. The molecule has 1 atom stereocenters. The highest BCUT2D eigenvalue weighted by atomic mass is 32.1. The van der Waals surface area contributed by atoms with Crippen molar-refractivity contribution < 1.29 is 9.50 Å². The number of aliphatic hydroxyl groups is 1. The van der Waals surface area contributed by atoms with E-state index in [1.807, 2.05) is 43.7 Å². The number of nitrogens with zero attached hydrogens (tertiary/aromatic N) is 5. The lowest BCUT2D eigenvalue weighted by Crippen LogP contribution is -2.33. The molecule has 0 aliphatic carbocycles. The van der Waals surface area contributed by atoms with Crippen molar-refractivity contribution in [3.05, 3.63) is 59.6 Å². The van der Waals surface area contributed by atoms with Crippen molar-refractivity contribution in [1.29, 1.82) is 0 Å². The molecule has 6 aromatic rings. The molecule has 0 aliphatic heterocycles. The molecule has 6 heterocycles. The third-order valence-corrected chi connectivity index (χ3v) is 6.78. The Bertz CT molecular complexity index is 1740. The average Bonchev–Trinajstić information content (AvgIpc) is 3.63. The molecule has 9 nitrogen and oxygen atoms in total. The van der Waals surface area contributed by atoms with Gasteiger partial charge in [-0.15, -0.1) is 0 Å². The largest absolute Gasteiger partial charge is 0.373 e. The molecule has 6 rings (SSSR count). The van der Waals surface area contributed by atoms with Crippen molar-refractivity contribution in [3.8, 4) is 34.0 Å². The van der Waals surface area contributed by atoms with E-state index in [-0.39, 0.29) is 11.1 Å². The highest BCUT2D eigenvalue weighted by Crippen LogP contribution is 2.34. The number of pyridine rings is 3. The molecule has 37 heavy (non-hydrogen) atoms. The molecule has 0 aliphatic rings. The highest BCUT2D eigenvalue weighted by molar-refractivity contribution is 7.08. The normalized spacial score (nSPS) is 12.9. The van der Waals surface area contributed by atoms with E-state index in [9.17, 15) is 5.11 Å². The Balaban J connectivity index is 1.44. The summed E-state index contributed by atoms with van der Waals surface area (Å²) in [5.41, 5.74) is 4.70. The number of aliphatic hydroxyl groups excluding tert-OH is 1. The van der Waals surface area contributed by atoms with Crippen LogP contribution in [0.15, 0.2) is 53.7 Å². The molecule has 0 bridgehead atoms. The maximum atomic E-state index is 16.0. The number of halogens is 1. The van der Waals surface area contributed by atoms with E-state index in [1.165, 1.54) is 12.4 Å². The summed E-state index contributed by atoms with van der Waals surface area (Å²) in [5.74, 6) is -0.128. The first-order valence-corrected chi connectivity index (χ1v) is 12.5. The molecule has 0 fully saturated rings. The van der Waals surface area contributed by atoms with Crippen molar-refractivity contribution in [1.82, 2.24) is 35.1 Å². The Hall–Kier alpha value is -4.22. The first kappa shape index (κ1) is 23.2. The lowest BCUT2D eigenvalue weighted by Gasteiger charge is -2.27. The van der Waals surface area contributed by atoms with Crippen LogP contribution in [0.1, 0.15) is 20.8 Å². The number of nitrogens with one attached hydrogen (secondary N) is 3. The van der Waals surface area contributed by atoms with Gasteiger partial charge >= 0.3 is 0 Å². The number of aromatic nitrogens is 7. The Morgan fingerprint density at radius 1 is 1.03 bits per heavy atom. The second kappa shape index (κ2) is 8.71. The topological polar surface area (TPSA) is 128 Å². The number of imidazole rings is 1. The van der Waals surface area contributed by atoms with Gasteiger partial charge in [-0.05, 0) is 23.6 Å². The van der Waals surface area contributed by atoms with Gasteiger partial charge in [0.25, 0.3) is 0 Å². The van der Waals surface area contributed by atoms with Gasteiger partial charge in [0.15, 0.2) is 11.6 Å². The number of anilines is 1. The van der Waals surface area contributed by atoms with Crippen LogP contribution in [0.3, 0.4) is 0 Å². The summed E-state index contributed by atoms with van der Waals surface area (Å²) in [5, 5.41) is 24.9. The maximum absolute atomic E-state index is 16.0. The summed E-state index contributed by atoms with van der Waals surface area (Å²) < 4.78 is 16.0. The van der Waals surface area contributed by atoms with Crippen LogP contribution in [0.5, 0.6) is 0 Å². The lowest BCUT2D eigenvalue weighted by atomic mass is 9.94. The van der Waals surface area contributed by atoms with Crippen LogP contribution in [0, 0.1) is 11.2 Å². The second-order valence-electron chi connectivity index (χ2n) is 9.81. The monoisotopic (exact) mass is 514 g/mol. The summed E-state index contributed by atoms with van der Waals surface area (Å²) in [6.07, 6.45) is 5.55. The molecular weight excluding hydrogens is 491 g/mol. The summed E-state index contributed by atoms with van der Waals surface area (Å²) >= 11 is 1.58. The van der Waals surface area contributed by atoms with Crippen molar-refractivity contribution in [3.63, 3.8) is 0 Å². The van der Waals surface area contributed by atoms with Crippen LogP contribution in [-0.4, -0.2) is 46.5 Å². The van der Waals surface area contributed by atoms with E-state index in [4.69, 9.17) is 4.98 Å². The number of aromatic amines is 2. The first-order chi connectivity index (χ1) is 17.8. The van der Waals surface area contributed by atoms with Gasteiger partial charge in [-0.2, -0.15) is 16.4 Å². The minimum atomic E-state index is -0.813. The van der Waals surface area contributed by atoms with Gasteiger partial charge in [0, 0.05) is 34.3 Å². The molecule has 6 aromatic heterocycles. The highest BCUT2D eigenvalue weighted by Gasteiger charge is 2.24. The number of hydrogen-bond acceptors (Lipinski definition) is 8. The fraction of sp³-hybridized carbons (Fsp3) is 0.192. The Morgan fingerprint density at radius 2 is 1.89 bits per heavy atom. The molecule has 11 heteroatoms. The fourth-order valence-electron chi connectivity index (χ4n) is 4.03. The van der Waals surface area contributed by atoms with Gasteiger partial charge in [0.1, 0.15) is 23.1 Å². The van der Waals surface area contributed by atoms with E-state index < -0.39 is 17.5 Å². The van der Waals surface area contributed by atoms with Gasteiger partial charge in [0.2, 0.25) is 0 Å². The third-order valence-electron chi connectivity index (χ3n) is 6.10. The van der Waals surface area contributed by atoms with Crippen molar-refractivity contribution >= 4 is 39.0 Å². The van der Waals surface area contributed by atoms with Crippen LogP contribution in [0.4, 0.5) is 10.1 Å². The van der Waals surface area contributed by atoms with Crippen LogP contribution >= 0.6 is 11.3 Å². The zero-order valence-electron chi connectivity index (χ0n) is 20.2. The number of fused-ring (bicyclic) bond motifs is 2. The number of thiophene rings is 1. The smallest absolute Gasteiger partial charge is 0.161 e. The van der Waals surface area contributed by atoms with Gasteiger partial charge in [0.05, 0.1) is 40.2 Å². The molecule has 1 unspecified atom stereocenters. The molecule has 0 aromatic carbocycles. The quantitative estimate of drug-likeness (QED) is 0.220. The number of rotatable bonds is 5. The summed E-state index contributed by atoms with van der Waals surface area (Å²) in [6, 6.07) is 5.52. The summed E-state index contributed by atoms with van der Waals surface area (Å²) in [4.78, 5) is 21.0. The van der Waals surface area contributed by atoms with E-state index in [2.05, 4.69) is 35.5 Å². The van der Waals surface area contributed by atoms with Crippen LogP contribution in [0.2, 0.25) is 0 Å². The van der Waals surface area contributed by atoms with Crippen molar-refractivity contribution in [2.45, 2.75) is 27.0 Å². The first-order valence-electron chi connectivity index (χ1n) is 11.6. The van der Waals surface area contributed by atoms with Crippen LogP contribution in [-0.2, 0) is 0 Å². The van der Waals surface area contributed by atoms with Crippen molar-refractivity contribution in [2.75, 3.05) is 5.32 Å². The molecule has 0 amide bonds. The minimum Gasteiger partial charge on any atom is -0.373 e. The molecule has 0 radical (unpaired) electrons. The third kappa shape index (κ3) is 4.11. The average molecular weight is 515 g/mol. The molecular formula is C26H23FN8OS. The molecule has 4 N–H and O–H groups in total. The van der Waals surface area contributed by atoms with Crippen molar-refractivity contribution in [2.24, 2.45) is 5.41 Å². The number of H-pyrrole nitrogens is 2. The van der Waals surface area contributed by atoms with E-state index in [0.29, 0.717) is 33.8 Å². The minimum absolute atomic E-state index is 0.119. The van der Waals surface area contributed by atoms with Gasteiger partial charge in [-0.3, -0.25) is 20.1 Å². The van der Waals surface area contributed by atoms with Gasteiger partial charge in [-0.25, -0.2) is 9.37 Å². The van der Waals surface area contributed by atoms with E-state index >= 15 is 4.39 Å². The second-order valence-corrected chi connectivity index (χ2v) is 10.6. The van der Waals surface area contributed by atoms with E-state index in [1.54, 1.807) is 29.8 Å². The molecule has 0 spiro atoms. The summed E-state index contributed by atoms with van der Waals surface area (Å²) in [6.45, 7) is 5.74. The van der Waals surface area contributed by atoms with Crippen LogP contribution < -0.4 is 5.32 Å². The zero-order valence-corrected chi connectivity index (χ0v) is 21.1. The van der Waals surface area contributed by atoms with E-state index in [0.717, 1.165) is 16.8 Å². The fourth-order valence-corrected chi connectivity index (χ4v) is 4.67. The Kier molecular flexibility index (Phi) is 5.46. The van der Waals surface area contributed by atoms with Gasteiger partial charge in [-0.1, -0.05) is 20.8 Å². The predicted octanol–water partition coefficient (Wildman–Crippen LogP) is 5.60. The zero-order chi connectivity index (χ0) is 25.7. The number of hydrogen-bond donors (Lipinski definition) is 4. The Labute approximate surface area is 214 Å². The molecule has 186 valence electrons. The SMILES string of the molecule is CC(C)(C)C(O)Nc1cncc(-c2ncc3[nH]nc(-c4nc5c(-c6ccsc6)nccc5[nH]4)c3c2F)c1. The maximum Gasteiger partial charge on any atom is 0.161 e. The van der Waals surface area contributed by atoms with Crippen LogP contribution in [0.25, 0.3) is 56.0 Å².